The topological polar surface area (TPSA) is 117 Å². The van der Waals surface area contributed by atoms with Crippen LogP contribution in [-0.4, -0.2) is 63.0 Å². The van der Waals surface area contributed by atoms with Crippen molar-refractivity contribution in [3.8, 4) is 0 Å². The van der Waals surface area contributed by atoms with E-state index in [1.165, 1.54) is 48.0 Å². The third-order valence-corrected chi connectivity index (χ3v) is 8.66. The molecule has 0 fully saturated rings. The van der Waals surface area contributed by atoms with Crippen LogP contribution in [0.2, 0.25) is 0 Å². The molecule has 2 rings (SSSR count). The molecule has 0 spiro atoms. The number of carbonyl (C=O) groups is 1. The van der Waals surface area contributed by atoms with Gasteiger partial charge in [0.25, 0.3) is 0 Å². The molecule has 0 saturated heterocycles. The average molecular weight is 469 g/mol. The molecule has 0 bridgehead atoms. The number of nitrogens with zero attached hydrogens (tertiary/aromatic N) is 3. The molecule has 11 heteroatoms. The lowest BCUT2D eigenvalue weighted by Gasteiger charge is -2.20. The lowest BCUT2D eigenvalue weighted by molar-refractivity contribution is -0.121. The smallest absolute Gasteiger partial charge is 0.244 e. The Labute approximate surface area is 184 Å². The van der Waals surface area contributed by atoms with Gasteiger partial charge < -0.3 is 5.32 Å². The van der Waals surface area contributed by atoms with Crippen LogP contribution in [-0.2, 0) is 24.8 Å². The van der Waals surface area contributed by atoms with Crippen LogP contribution in [0.1, 0.15) is 32.4 Å². The van der Waals surface area contributed by atoms with Gasteiger partial charge in [-0.25, -0.2) is 16.8 Å². The van der Waals surface area contributed by atoms with Gasteiger partial charge in [-0.3, -0.25) is 9.78 Å². The molecule has 0 radical (unpaired) electrons. The molecule has 1 aromatic carbocycles. The Bertz CT molecular complexity index is 1080. The van der Waals surface area contributed by atoms with E-state index < -0.39 is 32.0 Å². The van der Waals surface area contributed by atoms with Crippen LogP contribution in [0, 0.1) is 0 Å². The summed E-state index contributed by atoms with van der Waals surface area (Å²) in [6, 6.07) is 8.76. The van der Waals surface area contributed by atoms with E-state index in [9.17, 15) is 21.6 Å². The van der Waals surface area contributed by atoms with E-state index in [2.05, 4.69) is 10.3 Å². The maximum Gasteiger partial charge on any atom is 0.244 e. The summed E-state index contributed by atoms with van der Waals surface area (Å²) in [6.45, 7) is 5.68. The molecule has 31 heavy (non-hydrogen) atoms. The summed E-state index contributed by atoms with van der Waals surface area (Å²) in [5.74, 6) is -0.484. The minimum absolute atomic E-state index is 0.00310. The molecular formula is C20H28N4O5S2. The van der Waals surface area contributed by atoms with Gasteiger partial charge in [0.05, 0.1) is 17.5 Å². The van der Waals surface area contributed by atoms with Crippen molar-refractivity contribution < 1.29 is 21.6 Å². The van der Waals surface area contributed by atoms with Gasteiger partial charge in [-0.1, -0.05) is 26.0 Å². The second-order valence-corrected chi connectivity index (χ2v) is 10.9. The van der Waals surface area contributed by atoms with E-state index in [0.29, 0.717) is 18.7 Å². The predicted molar refractivity (Wildman–Crippen MR) is 117 cm³/mol. The van der Waals surface area contributed by atoms with Crippen molar-refractivity contribution in [3.63, 3.8) is 0 Å². The first kappa shape index (κ1) is 24.9. The predicted octanol–water partition coefficient (Wildman–Crippen LogP) is 1.61. The highest BCUT2D eigenvalue weighted by molar-refractivity contribution is 7.89. The molecule has 2 aromatic rings. The molecule has 0 saturated carbocycles. The first-order valence-electron chi connectivity index (χ1n) is 9.79. The van der Waals surface area contributed by atoms with Crippen molar-refractivity contribution in [2.45, 2.75) is 36.6 Å². The van der Waals surface area contributed by atoms with E-state index >= 15 is 0 Å². The van der Waals surface area contributed by atoms with E-state index in [4.69, 9.17) is 0 Å². The number of likely N-dealkylation sites (N-methyl/N-ethyl adjacent to an activating group) is 1. The third-order valence-electron chi connectivity index (χ3n) is 4.81. The van der Waals surface area contributed by atoms with Crippen LogP contribution < -0.4 is 5.32 Å². The maximum absolute atomic E-state index is 12.6. The van der Waals surface area contributed by atoms with Crippen molar-refractivity contribution >= 4 is 26.0 Å². The largest absolute Gasteiger partial charge is 0.348 e. The number of carbonyl (C=O) groups excluding carboxylic acids is 1. The number of amides is 1. The zero-order valence-electron chi connectivity index (χ0n) is 18.0. The highest BCUT2D eigenvalue weighted by Gasteiger charge is 2.24. The molecule has 1 heterocycles. The maximum atomic E-state index is 12.6. The SMILES string of the molecule is CCN(CC)S(=O)(=O)c1ccc(C(C)NC(=O)CN(C)S(=O)(=O)c2cccnc2)cc1. The molecular weight excluding hydrogens is 440 g/mol. The monoisotopic (exact) mass is 468 g/mol. The van der Waals surface area contributed by atoms with Crippen LogP contribution >= 0.6 is 0 Å². The van der Waals surface area contributed by atoms with E-state index in [1.54, 1.807) is 32.9 Å². The van der Waals surface area contributed by atoms with Crippen LogP contribution in [0.15, 0.2) is 58.6 Å². The fraction of sp³-hybridized carbons (Fsp3) is 0.400. The van der Waals surface area contributed by atoms with Crippen LogP contribution in [0.3, 0.4) is 0 Å². The van der Waals surface area contributed by atoms with Gasteiger partial charge in [-0.05, 0) is 36.8 Å². The second kappa shape index (κ2) is 10.3. The Morgan fingerprint density at radius 2 is 1.61 bits per heavy atom. The van der Waals surface area contributed by atoms with Crippen LogP contribution in [0.5, 0.6) is 0 Å². The van der Waals surface area contributed by atoms with Gasteiger partial charge in [0, 0.05) is 32.5 Å². The van der Waals surface area contributed by atoms with Gasteiger partial charge >= 0.3 is 0 Å². The molecule has 0 aliphatic rings. The van der Waals surface area contributed by atoms with Crippen LogP contribution in [0.4, 0.5) is 0 Å². The van der Waals surface area contributed by atoms with Gasteiger partial charge in [-0.2, -0.15) is 8.61 Å². The molecule has 1 unspecified atom stereocenters. The van der Waals surface area contributed by atoms with Gasteiger partial charge in [0.1, 0.15) is 4.90 Å². The Morgan fingerprint density at radius 1 is 1.00 bits per heavy atom. The molecule has 0 aliphatic carbocycles. The lowest BCUT2D eigenvalue weighted by atomic mass is 10.1. The van der Waals surface area contributed by atoms with Crippen molar-refractivity contribution in [1.29, 1.82) is 0 Å². The molecule has 1 amide bonds. The van der Waals surface area contributed by atoms with E-state index in [0.717, 1.165) is 4.31 Å². The van der Waals surface area contributed by atoms with Crippen molar-refractivity contribution in [3.05, 3.63) is 54.4 Å². The standard InChI is InChI=1S/C20H28N4O5S2/c1-5-24(6-2)31(28,29)18-11-9-17(10-12-18)16(3)22-20(25)15-23(4)30(26,27)19-8-7-13-21-14-19/h7-14,16H,5-6,15H2,1-4H3,(H,22,25). The van der Waals surface area contributed by atoms with Crippen molar-refractivity contribution in [2.75, 3.05) is 26.7 Å². The zero-order chi connectivity index (χ0) is 23.2. The lowest BCUT2D eigenvalue weighted by Crippen LogP contribution is -2.39. The minimum atomic E-state index is -3.83. The summed E-state index contributed by atoms with van der Waals surface area (Å²) in [4.78, 5) is 16.4. The average Bonchev–Trinajstić information content (AvgIpc) is 2.75. The number of pyridine rings is 1. The van der Waals surface area contributed by atoms with Gasteiger partial charge in [0.2, 0.25) is 26.0 Å². The molecule has 1 aromatic heterocycles. The molecule has 0 aliphatic heterocycles. The van der Waals surface area contributed by atoms with Gasteiger partial charge in [-0.15, -0.1) is 0 Å². The number of benzene rings is 1. The summed E-state index contributed by atoms with van der Waals surface area (Å²) in [7, 11) is -6.07. The normalized spacial score (nSPS) is 13.4. The summed E-state index contributed by atoms with van der Waals surface area (Å²) in [5.41, 5.74) is 0.699. The highest BCUT2D eigenvalue weighted by Crippen LogP contribution is 2.19. The first-order chi connectivity index (χ1) is 14.5. The molecule has 1 N–H and O–H groups in total. The Kier molecular flexibility index (Phi) is 8.29. The number of aromatic nitrogens is 1. The van der Waals surface area contributed by atoms with E-state index in [-0.39, 0.29) is 16.3 Å². The van der Waals surface area contributed by atoms with Crippen LogP contribution in [0.25, 0.3) is 0 Å². The number of hydrogen-bond donors (Lipinski definition) is 1. The molecule has 9 nitrogen and oxygen atoms in total. The molecule has 170 valence electrons. The summed E-state index contributed by atoms with van der Waals surface area (Å²) < 4.78 is 52.5. The first-order valence-corrected chi connectivity index (χ1v) is 12.7. The van der Waals surface area contributed by atoms with Crippen molar-refractivity contribution in [2.24, 2.45) is 0 Å². The number of nitrogens with one attached hydrogen (secondary N) is 1. The van der Waals surface area contributed by atoms with Crippen molar-refractivity contribution in [1.82, 2.24) is 18.9 Å². The highest BCUT2D eigenvalue weighted by atomic mass is 32.2. The zero-order valence-corrected chi connectivity index (χ0v) is 19.6. The fourth-order valence-corrected chi connectivity index (χ4v) is 5.53. The summed E-state index contributed by atoms with van der Waals surface area (Å²) >= 11 is 0. The Balaban J connectivity index is 2.05. The Hall–Kier alpha value is -2.34. The van der Waals surface area contributed by atoms with E-state index in [1.807, 2.05) is 0 Å². The number of hydrogen-bond acceptors (Lipinski definition) is 6. The summed E-state index contributed by atoms with van der Waals surface area (Å²) in [5, 5.41) is 2.73. The third kappa shape index (κ3) is 5.88. The Morgan fingerprint density at radius 3 is 2.13 bits per heavy atom. The summed E-state index contributed by atoms with van der Waals surface area (Å²) in [6.07, 6.45) is 2.69. The second-order valence-electron chi connectivity index (χ2n) is 6.90. The number of rotatable bonds is 10. The molecule has 1 atom stereocenters. The minimum Gasteiger partial charge on any atom is -0.348 e. The number of sulfonamides is 2. The fourth-order valence-electron chi connectivity index (χ4n) is 2.98. The quantitative estimate of drug-likeness (QED) is 0.566. The van der Waals surface area contributed by atoms with Gasteiger partial charge in [0.15, 0.2) is 0 Å².